The van der Waals surface area contributed by atoms with E-state index in [1.165, 1.54) is 4.90 Å². The highest BCUT2D eigenvalue weighted by molar-refractivity contribution is 7.99. The summed E-state index contributed by atoms with van der Waals surface area (Å²) in [4.78, 5) is 25.2. The molecule has 0 bridgehead atoms. The minimum atomic E-state index is -0.879. The van der Waals surface area contributed by atoms with Crippen LogP contribution in [0.1, 0.15) is 44.9 Å². The van der Waals surface area contributed by atoms with E-state index in [1.807, 2.05) is 11.8 Å². The summed E-state index contributed by atoms with van der Waals surface area (Å²) < 4.78 is 0. The highest BCUT2D eigenvalue weighted by Gasteiger charge is 2.33. The molecule has 1 aliphatic heterocycles. The fourth-order valence-corrected chi connectivity index (χ4v) is 3.95. The first-order valence-electron chi connectivity index (χ1n) is 7.44. The van der Waals surface area contributed by atoms with E-state index in [0.717, 1.165) is 38.5 Å². The van der Waals surface area contributed by atoms with Gasteiger partial charge in [0.2, 0.25) is 0 Å². The molecule has 2 N–H and O–H groups in total. The number of urea groups is 1. The second-order valence-electron chi connectivity index (χ2n) is 5.71. The third kappa shape index (κ3) is 3.81. The molecular formula is C14H24N2O3S. The van der Waals surface area contributed by atoms with Gasteiger partial charge < -0.3 is 15.3 Å². The maximum Gasteiger partial charge on any atom is 0.326 e. The highest BCUT2D eigenvalue weighted by Crippen LogP contribution is 2.28. The Balaban J connectivity index is 1.93. The van der Waals surface area contributed by atoms with E-state index in [1.54, 1.807) is 0 Å². The molecule has 3 unspecified atom stereocenters. The molecule has 5 nitrogen and oxygen atoms in total. The van der Waals surface area contributed by atoms with Gasteiger partial charge in [-0.1, -0.05) is 12.8 Å². The topological polar surface area (TPSA) is 69.6 Å². The fraction of sp³-hybridized carbons (Fsp3) is 0.857. The molecule has 1 heterocycles. The van der Waals surface area contributed by atoms with Crippen molar-refractivity contribution in [1.82, 2.24) is 10.2 Å². The zero-order chi connectivity index (χ0) is 14.5. The van der Waals surface area contributed by atoms with Gasteiger partial charge in [0.15, 0.2) is 0 Å². The fourth-order valence-electron chi connectivity index (χ4n) is 3.15. The predicted molar refractivity (Wildman–Crippen MR) is 80.1 cm³/mol. The van der Waals surface area contributed by atoms with Gasteiger partial charge in [-0.2, -0.15) is 11.8 Å². The highest BCUT2D eigenvalue weighted by atomic mass is 32.2. The van der Waals surface area contributed by atoms with E-state index >= 15 is 0 Å². The van der Waals surface area contributed by atoms with Crippen molar-refractivity contribution < 1.29 is 14.7 Å². The van der Waals surface area contributed by atoms with Crippen molar-refractivity contribution in [3.63, 3.8) is 0 Å². The van der Waals surface area contributed by atoms with Gasteiger partial charge in [-0.05, 0) is 38.4 Å². The number of thioether (sulfide) groups is 1. The minimum Gasteiger partial charge on any atom is -0.480 e. The second kappa shape index (κ2) is 7.20. The van der Waals surface area contributed by atoms with Gasteiger partial charge in [-0.3, -0.25) is 0 Å². The van der Waals surface area contributed by atoms with E-state index in [-0.39, 0.29) is 12.1 Å². The first-order valence-corrected chi connectivity index (χ1v) is 8.73. The van der Waals surface area contributed by atoms with Gasteiger partial charge in [0.1, 0.15) is 6.04 Å². The van der Waals surface area contributed by atoms with Crippen molar-refractivity contribution in [2.75, 3.05) is 12.8 Å². The molecule has 2 amide bonds. The molecule has 2 rings (SSSR count). The Bertz CT molecular complexity index is 364. The lowest BCUT2D eigenvalue weighted by atomic mass is 10.1. The van der Waals surface area contributed by atoms with Crippen molar-refractivity contribution in [2.24, 2.45) is 0 Å². The first-order chi connectivity index (χ1) is 9.61. The smallest absolute Gasteiger partial charge is 0.326 e. The van der Waals surface area contributed by atoms with Gasteiger partial charge >= 0.3 is 12.0 Å². The maximum atomic E-state index is 12.4. The Morgan fingerprint density at radius 1 is 1.20 bits per heavy atom. The van der Waals surface area contributed by atoms with Crippen molar-refractivity contribution >= 4 is 23.8 Å². The summed E-state index contributed by atoms with van der Waals surface area (Å²) in [5.41, 5.74) is 0. The van der Waals surface area contributed by atoms with Crippen LogP contribution in [0.25, 0.3) is 0 Å². The van der Waals surface area contributed by atoms with Gasteiger partial charge in [0, 0.05) is 17.8 Å². The maximum absolute atomic E-state index is 12.4. The molecule has 1 aliphatic carbocycles. The van der Waals surface area contributed by atoms with Gasteiger partial charge in [-0.15, -0.1) is 0 Å². The standard InChI is InChI=1S/C14H24N2O3S/c1-20-11-7-6-10(9-11)15-14(19)16-8-4-2-3-5-12(16)13(17)18/h10-12H,2-9H2,1H3,(H,15,19)(H,17,18). The molecule has 0 aromatic heterocycles. The van der Waals surface area contributed by atoms with E-state index in [0.29, 0.717) is 18.2 Å². The summed E-state index contributed by atoms with van der Waals surface area (Å²) in [7, 11) is 0. The van der Waals surface area contributed by atoms with Gasteiger partial charge in [-0.25, -0.2) is 9.59 Å². The number of carboxylic acids is 1. The zero-order valence-corrected chi connectivity index (χ0v) is 12.8. The van der Waals surface area contributed by atoms with Crippen molar-refractivity contribution in [3.8, 4) is 0 Å². The number of carbonyl (C=O) groups excluding carboxylic acids is 1. The van der Waals surface area contributed by atoms with E-state index in [9.17, 15) is 14.7 Å². The molecule has 2 aliphatic rings. The molecule has 114 valence electrons. The van der Waals surface area contributed by atoms with Crippen molar-refractivity contribution in [2.45, 2.75) is 62.3 Å². The molecule has 0 aromatic rings. The Morgan fingerprint density at radius 3 is 2.65 bits per heavy atom. The largest absolute Gasteiger partial charge is 0.480 e. The summed E-state index contributed by atoms with van der Waals surface area (Å²) in [6.07, 6.45) is 8.60. The van der Waals surface area contributed by atoms with E-state index < -0.39 is 12.0 Å². The molecule has 0 radical (unpaired) electrons. The average molecular weight is 300 g/mol. The van der Waals surface area contributed by atoms with Gasteiger partial charge in [0.05, 0.1) is 0 Å². The Hall–Kier alpha value is -0.910. The number of hydrogen-bond donors (Lipinski definition) is 2. The molecule has 20 heavy (non-hydrogen) atoms. The van der Waals surface area contributed by atoms with E-state index in [2.05, 4.69) is 11.6 Å². The van der Waals surface area contributed by atoms with Crippen LogP contribution in [0.2, 0.25) is 0 Å². The Labute approximate surface area is 124 Å². The van der Waals surface area contributed by atoms with Crippen LogP contribution in [0.15, 0.2) is 0 Å². The lowest BCUT2D eigenvalue weighted by Gasteiger charge is -2.28. The number of likely N-dealkylation sites (tertiary alicyclic amines) is 1. The second-order valence-corrected chi connectivity index (χ2v) is 6.85. The zero-order valence-electron chi connectivity index (χ0n) is 12.0. The molecule has 1 saturated heterocycles. The number of amides is 2. The SMILES string of the molecule is CSC1CCC(NC(=O)N2CCCCCC2C(=O)O)C1. The molecule has 0 spiro atoms. The molecular weight excluding hydrogens is 276 g/mol. The third-order valence-electron chi connectivity index (χ3n) is 4.34. The summed E-state index contributed by atoms with van der Waals surface area (Å²) >= 11 is 1.85. The van der Waals surface area contributed by atoms with E-state index in [4.69, 9.17) is 0 Å². The van der Waals surface area contributed by atoms with Crippen LogP contribution in [0.4, 0.5) is 4.79 Å². The monoisotopic (exact) mass is 300 g/mol. The minimum absolute atomic E-state index is 0.189. The molecule has 6 heteroatoms. The van der Waals surface area contributed by atoms with Gasteiger partial charge in [0.25, 0.3) is 0 Å². The Morgan fingerprint density at radius 2 is 2.00 bits per heavy atom. The van der Waals surface area contributed by atoms with Crippen LogP contribution < -0.4 is 5.32 Å². The van der Waals surface area contributed by atoms with Crippen LogP contribution in [0.3, 0.4) is 0 Å². The predicted octanol–water partition coefficient (Wildman–Crippen LogP) is 2.31. The quantitative estimate of drug-likeness (QED) is 0.839. The van der Waals surface area contributed by atoms with Crippen molar-refractivity contribution in [3.05, 3.63) is 0 Å². The lowest BCUT2D eigenvalue weighted by molar-refractivity contribution is -0.142. The van der Waals surface area contributed by atoms with Crippen LogP contribution >= 0.6 is 11.8 Å². The summed E-state index contributed by atoms with van der Waals surface area (Å²) in [5.74, 6) is -0.879. The summed E-state index contributed by atoms with van der Waals surface area (Å²) in [5, 5.41) is 13.0. The molecule has 3 atom stereocenters. The van der Waals surface area contributed by atoms with Crippen LogP contribution in [-0.2, 0) is 4.79 Å². The molecule has 0 aromatic carbocycles. The normalized spacial score (nSPS) is 30.9. The summed E-state index contributed by atoms with van der Waals surface area (Å²) in [6, 6.07) is -0.640. The molecule has 1 saturated carbocycles. The number of nitrogens with one attached hydrogen (secondary N) is 1. The van der Waals surface area contributed by atoms with Crippen LogP contribution in [0, 0.1) is 0 Å². The van der Waals surface area contributed by atoms with Crippen LogP contribution in [-0.4, -0.2) is 52.1 Å². The lowest BCUT2D eigenvalue weighted by Crippen LogP contribution is -2.51. The number of carbonyl (C=O) groups is 2. The Kier molecular flexibility index (Phi) is 5.57. The van der Waals surface area contributed by atoms with Crippen LogP contribution in [0.5, 0.6) is 0 Å². The number of rotatable bonds is 3. The van der Waals surface area contributed by atoms with Crippen molar-refractivity contribution in [1.29, 1.82) is 0 Å². The average Bonchev–Trinajstić information content (AvgIpc) is 2.72. The number of carboxylic acid groups (broad SMARTS) is 1. The third-order valence-corrected chi connectivity index (χ3v) is 5.44. The first kappa shape index (κ1) is 15.5. The number of aliphatic carboxylic acids is 1. The summed E-state index contributed by atoms with van der Waals surface area (Å²) in [6.45, 7) is 0.557. The molecule has 2 fully saturated rings. The number of hydrogen-bond acceptors (Lipinski definition) is 3. The number of nitrogens with zero attached hydrogens (tertiary/aromatic N) is 1.